The number of hydrogen-bond donors (Lipinski definition) is 1. The molecule has 0 radical (unpaired) electrons. The third kappa shape index (κ3) is 4.92. The Kier molecular flexibility index (Phi) is 6.91. The van der Waals surface area contributed by atoms with Gasteiger partial charge in [0.05, 0.1) is 29.7 Å². The molecule has 0 amide bonds. The molecule has 0 aliphatic carbocycles. The van der Waals surface area contributed by atoms with Gasteiger partial charge in [-0.2, -0.15) is 5.10 Å². The standard InChI is InChI=1S/C24H24FN3O5/c1-13-22(24(31)32-5)15(3)26-23(13)20(29)12-33-21(30)11-10-19-14(2)27-28(16(19)4)18-8-6-17(25)7-9-18/h6-11,26H,12H2,1-5H3/b11-10+. The Bertz CT molecular complexity index is 1250. The lowest BCUT2D eigenvalue weighted by atomic mass is 10.1. The molecule has 0 spiro atoms. The maximum absolute atomic E-state index is 13.2. The van der Waals surface area contributed by atoms with E-state index >= 15 is 0 Å². The zero-order valence-corrected chi connectivity index (χ0v) is 19.0. The van der Waals surface area contributed by atoms with Gasteiger partial charge in [-0.25, -0.2) is 18.7 Å². The van der Waals surface area contributed by atoms with Crippen LogP contribution in [0.2, 0.25) is 0 Å². The fraction of sp³-hybridized carbons (Fsp3) is 0.250. The molecule has 3 aromatic rings. The molecule has 0 saturated heterocycles. The summed E-state index contributed by atoms with van der Waals surface area (Å²) in [4.78, 5) is 39.4. The van der Waals surface area contributed by atoms with E-state index in [1.54, 1.807) is 43.7 Å². The van der Waals surface area contributed by atoms with Crippen molar-refractivity contribution < 1.29 is 28.2 Å². The minimum Gasteiger partial charge on any atom is -0.465 e. The van der Waals surface area contributed by atoms with Gasteiger partial charge >= 0.3 is 11.9 Å². The second-order valence-corrected chi connectivity index (χ2v) is 7.45. The first-order valence-electron chi connectivity index (χ1n) is 10.1. The SMILES string of the molecule is COC(=O)c1c(C)[nH]c(C(=O)COC(=O)/C=C/c2c(C)nn(-c3ccc(F)cc3)c2C)c1C. The number of carbonyl (C=O) groups excluding carboxylic acids is 3. The number of methoxy groups -OCH3 is 1. The van der Waals surface area contributed by atoms with Crippen molar-refractivity contribution in [1.29, 1.82) is 0 Å². The summed E-state index contributed by atoms with van der Waals surface area (Å²) < 4.78 is 24.6. The van der Waals surface area contributed by atoms with Gasteiger partial charge in [-0.1, -0.05) is 0 Å². The second kappa shape index (κ2) is 9.64. The number of aromatic nitrogens is 3. The lowest BCUT2D eigenvalue weighted by Gasteiger charge is -2.04. The van der Waals surface area contributed by atoms with Crippen LogP contribution in [-0.2, 0) is 14.3 Å². The number of halogens is 1. The number of carbonyl (C=O) groups is 3. The summed E-state index contributed by atoms with van der Waals surface area (Å²) >= 11 is 0. The van der Waals surface area contributed by atoms with Crippen molar-refractivity contribution in [3.63, 3.8) is 0 Å². The number of aromatic amines is 1. The van der Waals surface area contributed by atoms with Gasteiger partial charge < -0.3 is 14.5 Å². The smallest absolute Gasteiger partial charge is 0.339 e. The van der Waals surface area contributed by atoms with Crippen LogP contribution >= 0.6 is 0 Å². The first-order valence-corrected chi connectivity index (χ1v) is 10.1. The van der Waals surface area contributed by atoms with E-state index in [1.165, 1.54) is 25.3 Å². The van der Waals surface area contributed by atoms with Gasteiger partial charge in [-0.3, -0.25) is 4.79 Å². The maximum Gasteiger partial charge on any atom is 0.339 e. The van der Waals surface area contributed by atoms with Crippen LogP contribution in [-0.4, -0.2) is 46.2 Å². The molecule has 1 N–H and O–H groups in total. The molecule has 8 nitrogen and oxygen atoms in total. The number of esters is 2. The number of benzene rings is 1. The van der Waals surface area contributed by atoms with Gasteiger partial charge in [-0.05, 0) is 63.6 Å². The van der Waals surface area contributed by atoms with E-state index in [0.29, 0.717) is 28.2 Å². The van der Waals surface area contributed by atoms with E-state index in [0.717, 1.165) is 5.69 Å². The topological polar surface area (TPSA) is 103 Å². The highest BCUT2D eigenvalue weighted by atomic mass is 19.1. The number of H-pyrrole nitrogens is 1. The fourth-order valence-electron chi connectivity index (χ4n) is 3.58. The quantitative estimate of drug-likeness (QED) is 0.332. The Morgan fingerprint density at radius 2 is 1.79 bits per heavy atom. The number of nitrogens with zero attached hydrogens (tertiary/aromatic N) is 2. The molecular weight excluding hydrogens is 429 g/mol. The average molecular weight is 453 g/mol. The van der Waals surface area contributed by atoms with Gasteiger partial charge in [0.1, 0.15) is 5.82 Å². The van der Waals surface area contributed by atoms with Crippen LogP contribution < -0.4 is 0 Å². The van der Waals surface area contributed by atoms with E-state index in [2.05, 4.69) is 10.1 Å². The van der Waals surface area contributed by atoms with E-state index in [9.17, 15) is 18.8 Å². The maximum atomic E-state index is 13.2. The summed E-state index contributed by atoms with van der Waals surface area (Å²) in [6, 6.07) is 5.91. The van der Waals surface area contributed by atoms with Crippen LogP contribution in [0, 0.1) is 33.5 Å². The molecule has 2 aromatic heterocycles. The normalized spacial score (nSPS) is 11.1. The second-order valence-electron chi connectivity index (χ2n) is 7.45. The fourth-order valence-corrected chi connectivity index (χ4v) is 3.58. The Hall–Kier alpha value is -4.01. The van der Waals surface area contributed by atoms with Crippen molar-refractivity contribution in [2.24, 2.45) is 0 Å². The van der Waals surface area contributed by atoms with E-state index in [1.807, 2.05) is 6.92 Å². The monoisotopic (exact) mass is 453 g/mol. The molecule has 3 rings (SSSR count). The van der Waals surface area contributed by atoms with Crippen LogP contribution in [0.1, 0.15) is 49.1 Å². The zero-order valence-electron chi connectivity index (χ0n) is 19.0. The van der Waals surface area contributed by atoms with Gasteiger partial charge in [0.2, 0.25) is 5.78 Å². The third-order valence-corrected chi connectivity index (χ3v) is 5.26. The highest BCUT2D eigenvalue weighted by molar-refractivity contribution is 6.03. The summed E-state index contributed by atoms with van der Waals surface area (Å²) in [5, 5.41) is 4.44. The number of hydrogen-bond acceptors (Lipinski definition) is 6. The predicted molar refractivity (Wildman–Crippen MR) is 119 cm³/mol. The minimum atomic E-state index is -0.703. The van der Waals surface area contributed by atoms with Crippen molar-refractivity contribution in [2.75, 3.05) is 13.7 Å². The first kappa shape index (κ1) is 23.6. The third-order valence-electron chi connectivity index (χ3n) is 5.26. The molecule has 2 heterocycles. The van der Waals surface area contributed by atoms with Crippen molar-refractivity contribution in [3.05, 3.63) is 75.6 Å². The molecule has 0 fully saturated rings. The Labute approximate surface area is 190 Å². The molecule has 9 heteroatoms. The molecule has 0 unspecified atom stereocenters. The van der Waals surface area contributed by atoms with E-state index < -0.39 is 24.3 Å². The van der Waals surface area contributed by atoms with Crippen LogP contribution in [0.25, 0.3) is 11.8 Å². The number of Topliss-reactive ketones (excluding diaryl/α,β-unsaturated/α-hetero) is 1. The molecule has 0 aliphatic heterocycles. The van der Waals surface area contributed by atoms with E-state index in [4.69, 9.17) is 9.47 Å². The summed E-state index contributed by atoms with van der Waals surface area (Å²) in [5.74, 6) is -2.06. The van der Waals surface area contributed by atoms with Gasteiger partial charge in [0, 0.05) is 23.0 Å². The predicted octanol–water partition coefficient (Wildman–Crippen LogP) is 3.80. The minimum absolute atomic E-state index is 0.192. The Morgan fingerprint density at radius 1 is 1.12 bits per heavy atom. The van der Waals surface area contributed by atoms with Crippen molar-refractivity contribution in [3.8, 4) is 5.69 Å². The average Bonchev–Trinajstić information content (AvgIpc) is 3.25. The van der Waals surface area contributed by atoms with Crippen molar-refractivity contribution >= 4 is 23.8 Å². The number of aryl methyl sites for hydroxylation is 2. The summed E-state index contributed by atoms with van der Waals surface area (Å²) in [6.07, 6.45) is 2.77. The van der Waals surface area contributed by atoms with Gasteiger partial charge in [0.15, 0.2) is 6.61 Å². The summed E-state index contributed by atoms with van der Waals surface area (Å²) in [7, 11) is 1.26. The number of rotatable bonds is 7. The highest BCUT2D eigenvalue weighted by Gasteiger charge is 2.23. The lowest BCUT2D eigenvalue weighted by Crippen LogP contribution is -2.14. The summed E-state index contributed by atoms with van der Waals surface area (Å²) in [6.45, 7) is 6.40. The van der Waals surface area contributed by atoms with Gasteiger partial charge in [-0.15, -0.1) is 0 Å². The number of nitrogens with one attached hydrogen (secondary N) is 1. The van der Waals surface area contributed by atoms with Gasteiger partial charge in [0.25, 0.3) is 0 Å². The molecule has 1 aromatic carbocycles. The molecular formula is C24H24FN3O5. The Balaban J connectivity index is 1.68. The molecule has 0 atom stereocenters. The molecule has 0 aliphatic rings. The number of ketones is 1. The van der Waals surface area contributed by atoms with E-state index in [-0.39, 0.29) is 17.1 Å². The number of ether oxygens (including phenoxy) is 2. The summed E-state index contributed by atoms with van der Waals surface area (Å²) in [5.41, 5.74) is 4.24. The van der Waals surface area contributed by atoms with Crippen molar-refractivity contribution in [1.82, 2.24) is 14.8 Å². The largest absolute Gasteiger partial charge is 0.465 e. The molecule has 172 valence electrons. The Morgan fingerprint density at radius 3 is 2.42 bits per heavy atom. The molecule has 33 heavy (non-hydrogen) atoms. The zero-order chi connectivity index (χ0) is 24.3. The van der Waals surface area contributed by atoms with Crippen LogP contribution in [0.3, 0.4) is 0 Å². The first-order chi connectivity index (χ1) is 15.6. The van der Waals surface area contributed by atoms with Crippen molar-refractivity contribution in [2.45, 2.75) is 27.7 Å². The lowest BCUT2D eigenvalue weighted by molar-refractivity contribution is -0.136. The highest BCUT2D eigenvalue weighted by Crippen LogP contribution is 2.21. The molecule has 0 saturated carbocycles. The molecule has 0 bridgehead atoms. The van der Waals surface area contributed by atoms with Crippen LogP contribution in [0.4, 0.5) is 4.39 Å². The van der Waals surface area contributed by atoms with Crippen LogP contribution in [0.15, 0.2) is 30.3 Å². The van der Waals surface area contributed by atoms with Crippen LogP contribution in [0.5, 0.6) is 0 Å².